The molecule has 0 bridgehead atoms. The molecule has 4 heteroatoms. The molecule has 1 atom stereocenters. The number of carbonyl (C=O) groups is 1. The lowest BCUT2D eigenvalue weighted by atomic mass is 10.0. The van der Waals surface area contributed by atoms with Gasteiger partial charge >= 0.3 is 0 Å². The predicted molar refractivity (Wildman–Crippen MR) is 87.6 cm³/mol. The zero-order valence-corrected chi connectivity index (χ0v) is 13.7. The first-order chi connectivity index (χ1) is 10.2. The van der Waals surface area contributed by atoms with Gasteiger partial charge in [0.25, 0.3) is 5.91 Å². The van der Waals surface area contributed by atoms with Crippen molar-refractivity contribution < 1.29 is 9.53 Å². The number of methoxy groups -OCH3 is 1. The second-order valence-electron chi connectivity index (χ2n) is 4.69. The third-order valence-electron chi connectivity index (χ3n) is 3.34. The van der Waals surface area contributed by atoms with E-state index in [1.807, 2.05) is 36.4 Å². The van der Waals surface area contributed by atoms with Crippen molar-refractivity contribution in [1.29, 1.82) is 0 Å². The highest BCUT2D eigenvalue weighted by Gasteiger charge is 2.16. The Kier molecular flexibility index (Phi) is 5.39. The Hall–Kier alpha value is -1.81. The number of carbonyl (C=O) groups excluding carboxylic acids is 1. The first-order valence-corrected chi connectivity index (χ1v) is 7.64. The Morgan fingerprint density at radius 3 is 2.48 bits per heavy atom. The maximum absolute atomic E-state index is 12.4. The second kappa shape index (κ2) is 7.27. The monoisotopic (exact) mass is 347 g/mol. The lowest BCUT2D eigenvalue weighted by Crippen LogP contribution is -2.28. The average molecular weight is 348 g/mol. The molecule has 2 aromatic rings. The van der Waals surface area contributed by atoms with Gasteiger partial charge in [0.2, 0.25) is 0 Å². The first-order valence-electron chi connectivity index (χ1n) is 6.85. The second-order valence-corrected chi connectivity index (χ2v) is 5.60. The van der Waals surface area contributed by atoms with Crippen LogP contribution in [0.3, 0.4) is 0 Å². The number of rotatable bonds is 5. The van der Waals surface area contributed by atoms with Crippen LogP contribution in [0.4, 0.5) is 0 Å². The van der Waals surface area contributed by atoms with Gasteiger partial charge in [-0.3, -0.25) is 4.79 Å². The molecule has 0 saturated heterocycles. The summed E-state index contributed by atoms with van der Waals surface area (Å²) in [5.74, 6) is 0.461. The maximum atomic E-state index is 12.4. The molecule has 0 fully saturated rings. The van der Waals surface area contributed by atoms with E-state index in [9.17, 15) is 4.79 Å². The summed E-state index contributed by atoms with van der Waals surface area (Å²) in [5.41, 5.74) is 1.64. The standard InChI is InChI=1S/C17H18BrNO2/c1-3-15(12-8-10-13(18)11-9-12)19-17(20)14-6-4-5-7-16(14)21-2/h4-11,15H,3H2,1-2H3,(H,19,20)/t15-/m0/s1. The van der Waals surface area contributed by atoms with E-state index in [1.54, 1.807) is 19.2 Å². The van der Waals surface area contributed by atoms with E-state index in [1.165, 1.54) is 0 Å². The fraction of sp³-hybridized carbons (Fsp3) is 0.235. The molecule has 0 unspecified atom stereocenters. The number of amides is 1. The molecule has 0 saturated carbocycles. The number of hydrogen-bond acceptors (Lipinski definition) is 2. The summed E-state index contributed by atoms with van der Waals surface area (Å²) in [7, 11) is 1.57. The smallest absolute Gasteiger partial charge is 0.255 e. The molecule has 2 rings (SSSR count). The van der Waals surface area contributed by atoms with E-state index in [0.717, 1.165) is 16.5 Å². The van der Waals surface area contributed by atoms with Gasteiger partial charge in [0, 0.05) is 4.47 Å². The minimum absolute atomic E-state index is 0.0180. The van der Waals surface area contributed by atoms with E-state index in [2.05, 4.69) is 28.2 Å². The normalized spacial score (nSPS) is 11.8. The topological polar surface area (TPSA) is 38.3 Å². The van der Waals surface area contributed by atoms with Crippen LogP contribution >= 0.6 is 15.9 Å². The molecule has 0 aliphatic carbocycles. The molecule has 3 nitrogen and oxygen atoms in total. The van der Waals surface area contributed by atoms with Gasteiger partial charge in [-0.2, -0.15) is 0 Å². The molecular formula is C17H18BrNO2. The minimum Gasteiger partial charge on any atom is -0.496 e. The zero-order chi connectivity index (χ0) is 15.2. The van der Waals surface area contributed by atoms with Gasteiger partial charge in [-0.1, -0.05) is 47.1 Å². The van der Waals surface area contributed by atoms with Crippen LogP contribution in [0, 0.1) is 0 Å². The number of para-hydroxylation sites is 1. The largest absolute Gasteiger partial charge is 0.496 e. The maximum Gasteiger partial charge on any atom is 0.255 e. The Morgan fingerprint density at radius 2 is 1.86 bits per heavy atom. The fourth-order valence-electron chi connectivity index (χ4n) is 2.18. The van der Waals surface area contributed by atoms with Crippen molar-refractivity contribution >= 4 is 21.8 Å². The summed E-state index contributed by atoms with van der Waals surface area (Å²) in [4.78, 5) is 12.4. The van der Waals surface area contributed by atoms with Crippen LogP contribution in [0.2, 0.25) is 0 Å². The first kappa shape index (κ1) is 15.6. The predicted octanol–water partition coefficient (Wildman–Crippen LogP) is 4.34. The Balaban J connectivity index is 2.18. The SMILES string of the molecule is CC[C@H](NC(=O)c1ccccc1OC)c1ccc(Br)cc1. The van der Waals surface area contributed by atoms with E-state index < -0.39 is 0 Å². The van der Waals surface area contributed by atoms with Crippen LogP contribution < -0.4 is 10.1 Å². The van der Waals surface area contributed by atoms with E-state index in [-0.39, 0.29) is 11.9 Å². The van der Waals surface area contributed by atoms with Gasteiger partial charge in [-0.05, 0) is 36.2 Å². The lowest BCUT2D eigenvalue weighted by molar-refractivity contribution is 0.0932. The van der Waals surface area contributed by atoms with E-state index in [0.29, 0.717) is 11.3 Å². The minimum atomic E-state index is -0.123. The quantitative estimate of drug-likeness (QED) is 0.873. The van der Waals surface area contributed by atoms with Gasteiger partial charge < -0.3 is 10.1 Å². The molecule has 0 aliphatic rings. The number of ether oxygens (including phenoxy) is 1. The Labute approximate surface area is 133 Å². The summed E-state index contributed by atoms with van der Waals surface area (Å²) in [6, 6.07) is 15.2. The van der Waals surface area contributed by atoms with Crippen LogP contribution in [0.5, 0.6) is 5.75 Å². The number of benzene rings is 2. The lowest BCUT2D eigenvalue weighted by Gasteiger charge is -2.18. The summed E-state index contributed by atoms with van der Waals surface area (Å²) in [6.45, 7) is 2.05. The molecule has 1 N–H and O–H groups in total. The number of halogens is 1. The fourth-order valence-corrected chi connectivity index (χ4v) is 2.45. The molecule has 2 aromatic carbocycles. The van der Waals surface area contributed by atoms with Gasteiger partial charge in [0.05, 0.1) is 18.7 Å². The molecule has 1 amide bonds. The zero-order valence-electron chi connectivity index (χ0n) is 12.1. The van der Waals surface area contributed by atoms with E-state index >= 15 is 0 Å². The van der Waals surface area contributed by atoms with Crippen LogP contribution in [0.25, 0.3) is 0 Å². The van der Waals surface area contributed by atoms with Crippen molar-refractivity contribution in [2.75, 3.05) is 7.11 Å². The molecular weight excluding hydrogens is 330 g/mol. The molecule has 110 valence electrons. The van der Waals surface area contributed by atoms with Crippen LogP contribution in [0.15, 0.2) is 53.0 Å². The van der Waals surface area contributed by atoms with Crippen LogP contribution in [-0.4, -0.2) is 13.0 Å². The summed E-state index contributed by atoms with van der Waals surface area (Å²) < 4.78 is 6.26. The average Bonchev–Trinajstić information content (AvgIpc) is 2.53. The highest BCUT2D eigenvalue weighted by atomic mass is 79.9. The Bertz CT molecular complexity index is 610. The number of nitrogens with one attached hydrogen (secondary N) is 1. The molecule has 0 aliphatic heterocycles. The van der Waals surface area contributed by atoms with Crippen molar-refractivity contribution in [3.8, 4) is 5.75 Å². The third-order valence-corrected chi connectivity index (χ3v) is 3.87. The van der Waals surface area contributed by atoms with Crippen molar-refractivity contribution in [1.82, 2.24) is 5.32 Å². The summed E-state index contributed by atoms with van der Waals surface area (Å²) in [5, 5.41) is 3.06. The van der Waals surface area contributed by atoms with Gasteiger partial charge in [-0.15, -0.1) is 0 Å². The van der Waals surface area contributed by atoms with Gasteiger partial charge in [-0.25, -0.2) is 0 Å². The molecule has 0 heterocycles. The molecule has 0 spiro atoms. The van der Waals surface area contributed by atoms with Crippen molar-refractivity contribution in [2.45, 2.75) is 19.4 Å². The highest BCUT2D eigenvalue weighted by Crippen LogP contribution is 2.22. The molecule has 0 radical (unpaired) electrons. The Morgan fingerprint density at radius 1 is 1.19 bits per heavy atom. The molecule has 21 heavy (non-hydrogen) atoms. The van der Waals surface area contributed by atoms with Crippen molar-refractivity contribution in [3.05, 3.63) is 64.1 Å². The summed E-state index contributed by atoms with van der Waals surface area (Å²) >= 11 is 3.42. The van der Waals surface area contributed by atoms with Gasteiger partial charge in [0.15, 0.2) is 0 Å². The molecule has 0 aromatic heterocycles. The number of hydrogen-bond donors (Lipinski definition) is 1. The van der Waals surface area contributed by atoms with E-state index in [4.69, 9.17) is 4.74 Å². The van der Waals surface area contributed by atoms with Crippen LogP contribution in [0.1, 0.15) is 35.3 Å². The van der Waals surface area contributed by atoms with Crippen molar-refractivity contribution in [3.63, 3.8) is 0 Å². The summed E-state index contributed by atoms with van der Waals surface area (Å²) in [6.07, 6.45) is 0.822. The van der Waals surface area contributed by atoms with Crippen molar-refractivity contribution in [2.24, 2.45) is 0 Å². The van der Waals surface area contributed by atoms with Gasteiger partial charge in [0.1, 0.15) is 5.75 Å². The highest BCUT2D eigenvalue weighted by molar-refractivity contribution is 9.10. The third kappa shape index (κ3) is 3.85. The van der Waals surface area contributed by atoms with Crippen LogP contribution in [-0.2, 0) is 0 Å².